The number of nitriles is 1. The Bertz CT molecular complexity index is 373. The Hall–Kier alpha value is -1.60. The SMILES string of the molecule is COC(=O)c1csc(C=CC#N)c1. The van der Waals surface area contributed by atoms with E-state index in [1.54, 1.807) is 17.5 Å². The Balaban J connectivity index is 2.82. The molecule has 1 heterocycles. The van der Waals surface area contributed by atoms with Crippen LogP contribution in [0.1, 0.15) is 15.2 Å². The molecule has 1 aromatic heterocycles. The van der Waals surface area contributed by atoms with Gasteiger partial charge in [0.25, 0.3) is 0 Å². The van der Waals surface area contributed by atoms with E-state index in [1.807, 2.05) is 6.07 Å². The normalized spacial score (nSPS) is 9.85. The molecule has 1 aromatic rings. The van der Waals surface area contributed by atoms with Crippen molar-refractivity contribution >= 4 is 23.4 Å². The molecular weight excluding hydrogens is 186 g/mol. The Morgan fingerprint density at radius 1 is 1.77 bits per heavy atom. The van der Waals surface area contributed by atoms with Crippen LogP contribution >= 0.6 is 11.3 Å². The highest BCUT2D eigenvalue weighted by atomic mass is 32.1. The van der Waals surface area contributed by atoms with E-state index in [2.05, 4.69) is 4.74 Å². The number of hydrogen-bond acceptors (Lipinski definition) is 4. The van der Waals surface area contributed by atoms with E-state index in [0.717, 1.165) is 4.88 Å². The molecule has 0 bridgehead atoms. The van der Waals surface area contributed by atoms with Crippen LogP contribution in [0, 0.1) is 11.3 Å². The third-order valence-corrected chi connectivity index (χ3v) is 2.26. The van der Waals surface area contributed by atoms with Crippen molar-refractivity contribution in [1.29, 1.82) is 5.26 Å². The van der Waals surface area contributed by atoms with Crippen molar-refractivity contribution in [3.63, 3.8) is 0 Å². The zero-order valence-electron chi connectivity index (χ0n) is 6.98. The fourth-order valence-corrected chi connectivity index (χ4v) is 1.55. The van der Waals surface area contributed by atoms with Gasteiger partial charge in [-0.1, -0.05) is 0 Å². The predicted octanol–water partition coefficient (Wildman–Crippen LogP) is 2.07. The number of carbonyl (C=O) groups excluding carboxylic acids is 1. The van der Waals surface area contributed by atoms with E-state index >= 15 is 0 Å². The van der Waals surface area contributed by atoms with E-state index in [4.69, 9.17) is 5.26 Å². The quantitative estimate of drug-likeness (QED) is 0.533. The third-order valence-electron chi connectivity index (χ3n) is 1.36. The second kappa shape index (κ2) is 4.43. The van der Waals surface area contributed by atoms with Gasteiger partial charge in [0.05, 0.1) is 18.7 Å². The highest BCUT2D eigenvalue weighted by Gasteiger charge is 2.06. The summed E-state index contributed by atoms with van der Waals surface area (Å²) in [5.74, 6) is -0.354. The zero-order chi connectivity index (χ0) is 9.68. The summed E-state index contributed by atoms with van der Waals surface area (Å²) in [6.07, 6.45) is 3.02. The minimum Gasteiger partial charge on any atom is -0.465 e. The molecule has 0 saturated carbocycles. The van der Waals surface area contributed by atoms with E-state index in [1.165, 1.54) is 24.5 Å². The topological polar surface area (TPSA) is 50.1 Å². The Labute approximate surface area is 79.9 Å². The van der Waals surface area contributed by atoms with Crippen LogP contribution < -0.4 is 0 Å². The van der Waals surface area contributed by atoms with Crippen LogP contribution in [-0.4, -0.2) is 13.1 Å². The van der Waals surface area contributed by atoms with Crippen LogP contribution in [0.5, 0.6) is 0 Å². The second-order valence-corrected chi connectivity index (χ2v) is 3.13. The van der Waals surface area contributed by atoms with Crippen molar-refractivity contribution < 1.29 is 9.53 Å². The molecule has 3 nitrogen and oxygen atoms in total. The van der Waals surface area contributed by atoms with Gasteiger partial charge in [-0.15, -0.1) is 11.3 Å². The van der Waals surface area contributed by atoms with E-state index in [-0.39, 0.29) is 5.97 Å². The van der Waals surface area contributed by atoms with E-state index in [0.29, 0.717) is 5.56 Å². The highest BCUT2D eigenvalue weighted by molar-refractivity contribution is 7.11. The summed E-state index contributed by atoms with van der Waals surface area (Å²) in [4.78, 5) is 11.9. The molecule has 13 heavy (non-hydrogen) atoms. The van der Waals surface area contributed by atoms with E-state index < -0.39 is 0 Å². The van der Waals surface area contributed by atoms with Gasteiger partial charge >= 0.3 is 5.97 Å². The Morgan fingerprint density at radius 3 is 3.15 bits per heavy atom. The van der Waals surface area contributed by atoms with Crippen molar-refractivity contribution in [2.75, 3.05) is 7.11 Å². The standard InChI is InChI=1S/C9H7NO2S/c1-12-9(11)7-5-8(13-6-7)3-2-4-10/h2-3,5-6H,1H3. The van der Waals surface area contributed by atoms with E-state index in [9.17, 15) is 4.79 Å². The summed E-state index contributed by atoms with van der Waals surface area (Å²) >= 11 is 1.39. The minimum absolute atomic E-state index is 0.354. The number of rotatable bonds is 2. The van der Waals surface area contributed by atoms with Crippen LogP contribution in [-0.2, 0) is 4.74 Å². The van der Waals surface area contributed by atoms with Crippen molar-refractivity contribution in [1.82, 2.24) is 0 Å². The van der Waals surface area contributed by atoms with Gasteiger partial charge in [-0.2, -0.15) is 5.26 Å². The predicted molar refractivity (Wildman–Crippen MR) is 50.3 cm³/mol. The first-order valence-electron chi connectivity index (χ1n) is 3.51. The molecule has 0 aliphatic carbocycles. The second-order valence-electron chi connectivity index (χ2n) is 2.19. The Morgan fingerprint density at radius 2 is 2.54 bits per heavy atom. The summed E-state index contributed by atoms with van der Waals surface area (Å²) in [6.45, 7) is 0. The lowest BCUT2D eigenvalue weighted by Crippen LogP contribution is -1.97. The molecule has 0 aliphatic rings. The fourth-order valence-electron chi connectivity index (χ4n) is 0.785. The zero-order valence-corrected chi connectivity index (χ0v) is 7.80. The smallest absolute Gasteiger partial charge is 0.338 e. The van der Waals surface area contributed by atoms with Crippen LogP contribution in [0.3, 0.4) is 0 Å². The van der Waals surface area contributed by atoms with Crippen molar-refractivity contribution in [3.05, 3.63) is 28.0 Å². The highest BCUT2D eigenvalue weighted by Crippen LogP contribution is 2.16. The summed E-state index contributed by atoms with van der Waals surface area (Å²) < 4.78 is 4.53. The van der Waals surface area contributed by atoms with Crippen LogP contribution in [0.15, 0.2) is 17.5 Å². The molecule has 1 rings (SSSR count). The maximum atomic E-state index is 11.0. The molecule has 0 spiro atoms. The lowest BCUT2D eigenvalue weighted by molar-refractivity contribution is 0.0601. The molecule has 66 valence electrons. The fraction of sp³-hybridized carbons (Fsp3) is 0.111. The number of thiophene rings is 1. The van der Waals surface area contributed by atoms with Crippen molar-refractivity contribution in [2.24, 2.45) is 0 Å². The molecular formula is C9H7NO2S. The van der Waals surface area contributed by atoms with Crippen molar-refractivity contribution in [3.8, 4) is 6.07 Å². The number of allylic oxidation sites excluding steroid dienone is 1. The molecule has 0 saturated heterocycles. The Kier molecular flexibility index (Phi) is 3.23. The molecule has 0 fully saturated rings. The summed E-state index contributed by atoms with van der Waals surface area (Å²) in [7, 11) is 1.34. The van der Waals surface area contributed by atoms with Gasteiger partial charge in [0.2, 0.25) is 0 Å². The molecule has 0 radical (unpaired) electrons. The minimum atomic E-state index is -0.354. The molecule has 0 amide bonds. The van der Waals surface area contributed by atoms with Gasteiger partial charge < -0.3 is 4.74 Å². The molecule has 0 unspecified atom stereocenters. The van der Waals surface area contributed by atoms with Crippen LogP contribution in [0.25, 0.3) is 6.08 Å². The maximum absolute atomic E-state index is 11.0. The number of ether oxygens (including phenoxy) is 1. The van der Waals surface area contributed by atoms with Gasteiger partial charge in [-0.25, -0.2) is 4.79 Å². The molecule has 4 heteroatoms. The maximum Gasteiger partial charge on any atom is 0.338 e. The monoisotopic (exact) mass is 193 g/mol. The number of esters is 1. The van der Waals surface area contributed by atoms with Crippen molar-refractivity contribution in [2.45, 2.75) is 0 Å². The average molecular weight is 193 g/mol. The van der Waals surface area contributed by atoms with Gasteiger partial charge in [0.1, 0.15) is 0 Å². The van der Waals surface area contributed by atoms with Gasteiger partial charge in [0, 0.05) is 16.3 Å². The summed E-state index contributed by atoms with van der Waals surface area (Å²) in [5.41, 5.74) is 0.519. The number of nitrogens with zero attached hydrogens (tertiary/aromatic N) is 1. The number of carbonyl (C=O) groups is 1. The van der Waals surface area contributed by atoms with Gasteiger partial charge in [-0.05, 0) is 12.1 Å². The van der Waals surface area contributed by atoms with Crippen LogP contribution in [0.2, 0.25) is 0 Å². The number of methoxy groups -OCH3 is 1. The first-order valence-corrected chi connectivity index (χ1v) is 4.39. The average Bonchev–Trinajstić information content (AvgIpc) is 2.62. The molecule has 0 N–H and O–H groups in total. The number of hydrogen-bond donors (Lipinski definition) is 0. The summed E-state index contributed by atoms with van der Waals surface area (Å²) in [5, 5.41) is 9.96. The molecule has 0 aromatic carbocycles. The first-order chi connectivity index (χ1) is 6.27. The van der Waals surface area contributed by atoms with Crippen LogP contribution in [0.4, 0.5) is 0 Å². The molecule has 0 aliphatic heterocycles. The van der Waals surface area contributed by atoms with Gasteiger partial charge in [0.15, 0.2) is 0 Å². The van der Waals surface area contributed by atoms with Gasteiger partial charge in [-0.3, -0.25) is 0 Å². The molecule has 0 atom stereocenters. The summed E-state index contributed by atoms with van der Waals surface area (Å²) in [6, 6.07) is 3.56. The largest absolute Gasteiger partial charge is 0.465 e. The lowest BCUT2D eigenvalue weighted by atomic mass is 10.3. The first kappa shape index (κ1) is 9.49. The third kappa shape index (κ3) is 2.42. The lowest BCUT2D eigenvalue weighted by Gasteiger charge is -1.91.